The van der Waals surface area contributed by atoms with Crippen LogP contribution in [0.1, 0.15) is 33.6 Å². The van der Waals surface area contributed by atoms with E-state index < -0.39 is 6.10 Å². The molecule has 1 unspecified atom stereocenters. The molecule has 23 heavy (non-hydrogen) atoms. The van der Waals surface area contributed by atoms with Crippen LogP contribution in [0.2, 0.25) is 0 Å². The fourth-order valence-corrected chi connectivity index (χ4v) is 1.62. The number of nitrogens with zero attached hydrogens (tertiary/aromatic N) is 3. The summed E-state index contributed by atoms with van der Waals surface area (Å²) in [5.41, 5.74) is 6.58. The first kappa shape index (κ1) is 18.8. The Morgan fingerprint density at radius 1 is 1.39 bits per heavy atom. The van der Waals surface area contributed by atoms with Crippen molar-refractivity contribution in [1.29, 1.82) is 0 Å². The number of aliphatic hydroxyl groups is 1. The van der Waals surface area contributed by atoms with Crippen molar-refractivity contribution < 1.29 is 14.2 Å². The number of anilines is 1. The number of imidazole rings is 1. The Labute approximate surface area is 134 Å². The Hall–Kier alpha value is -2.22. The molecule has 4 N–H and O–H groups in total. The molecule has 2 aromatic rings. The van der Waals surface area contributed by atoms with E-state index in [1.54, 1.807) is 0 Å². The number of aromatic amines is 1. The standard InChI is InChI=1S/C6H7N5O.C5H7FO.C4H10/c1-12-5-3-4(9-2-8-3)10-6(7)11-5;6-4-2-1-3-5(4)7;1-4(2)3/h2H,1H3,(H3,7,8,9,10,11);2,5,7H,1,3H2;4H,1-3H3. The Bertz CT molecular complexity index is 639. The zero-order valence-electron chi connectivity index (χ0n) is 13.9. The van der Waals surface area contributed by atoms with Crippen molar-refractivity contribution in [3.05, 3.63) is 18.2 Å². The lowest BCUT2D eigenvalue weighted by molar-refractivity contribution is 0.186. The van der Waals surface area contributed by atoms with Gasteiger partial charge in [-0.2, -0.15) is 9.97 Å². The Morgan fingerprint density at radius 2 is 2.04 bits per heavy atom. The average molecular weight is 325 g/mol. The third kappa shape index (κ3) is 6.19. The number of H-pyrrole nitrogens is 1. The van der Waals surface area contributed by atoms with Crippen molar-refractivity contribution in [2.24, 2.45) is 5.92 Å². The van der Waals surface area contributed by atoms with Crippen LogP contribution in [-0.2, 0) is 0 Å². The van der Waals surface area contributed by atoms with E-state index >= 15 is 0 Å². The van der Waals surface area contributed by atoms with Gasteiger partial charge >= 0.3 is 0 Å². The van der Waals surface area contributed by atoms with E-state index in [1.807, 2.05) is 0 Å². The maximum absolute atomic E-state index is 11.9. The predicted octanol–water partition coefficient (Wildman–Crippen LogP) is 2.60. The van der Waals surface area contributed by atoms with Gasteiger partial charge in [-0.25, -0.2) is 9.37 Å². The lowest BCUT2D eigenvalue weighted by Crippen LogP contribution is -1.99. The van der Waals surface area contributed by atoms with E-state index in [4.69, 9.17) is 15.6 Å². The van der Waals surface area contributed by atoms with Gasteiger partial charge in [0.15, 0.2) is 5.65 Å². The highest BCUT2D eigenvalue weighted by Crippen LogP contribution is 2.19. The monoisotopic (exact) mass is 325 g/mol. The topological polar surface area (TPSA) is 110 Å². The van der Waals surface area contributed by atoms with Crippen molar-refractivity contribution in [2.45, 2.75) is 39.7 Å². The van der Waals surface area contributed by atoms with Gasteiger partial charge < -0.3 is 20.6 Å². The predicted molar refractivity (Wildman–Crippen MR) is 87.6 cm³/mol. The Balaban J connectivity index is 0.000000204. The molecule has 0 fully saturated rings. The molecule has 0 amide bonds. The van der Waals surface area contributed by atoms with Gasteiger partial charge in [-0.15, -0.1) is 0 Å². The van der Waals surface area contributed by atoms with Gasteiger partial charge in [0.1, 0.15) is 17.4 Å². The van der Waals surface area contributed by atoms with Crippen LogP contribution in [0.5, 0.6) is 5.88 Å². The third-order valence-electron chi connectivity index (χ3n) is 2.56. The second kappa shape index (κ2) is 9.04. The lowest BCUT2D eigenvalue weighted by Gasteiger charge is -1.99. The van der Waals surface area contributed by atoms with E-state index in [2.05, 4.69) is 40.7 Å². The molecule has 0 bridgehead atoms. The fraction of sp³-hybridized carbons (Fsp3) is 0.533. The molecule has 0 saturated heterocycles. The maximum Gasteiger partial charge on any atom is 0.244 e. The highest BCUT2D eigenvalue weighted by Gasteiger charge is 2.14. The van der Waals surface area contributed by atoms with Crippen LogP contribution in [0.15, 0.2) is 18.2 Å². The first-order valence-electron chi connectivity index (χ1n) is 7.39. The number of aromatic nitrogens is 4. The van der Waals surface area contributed by atoms with Crippen molar-refractivity contribution >= 4 is 17.1 Å². The first-order chi connectivity index (χ1) is 10.8. The summed E-state index contributed by atoms with van der Waals surface area (Å²) >= 11 is 0. The summed E-state index contributed by atoms with van der Waals surface area (Å²) in [6, 6.07) is 0. The van der Waals surface area contributed by atoms with Gasteiger partial charge in [-0.3, -0.25) is 0 Å². The number of ether oxygens (including phenoxy) is 1. The summed E-state index contributed by atoms with van der Waals surface area (Å²) < 4.78 is 16.9. The molecule has 0 aromatic carbocycles. The van der Waals surface area contributed by atoms with Crippen LogP contribution < -0.4 is 10.5 Å². The number of nitrogens with one attached hydrogen (secondary N) is 1. The smallest absolute Gasteiger partial charge is 0.244 e. The van der Waals surface area contributed by atoms with Gasteiger partial charge in [0.2, 0.25) is 11.8 Å². The molecule has 128 valence electrons. The van der Waals surface area contributed by atoms with Gasteiger partial charge in [0.25, 0.3) is 0 Å². The number of rotatable bonds is 1. The Kier molecular flexibility index (Phi) is 7.40. The van der Waals surface area contributed by atoms with E-state index in [9.17, 15) is 4.39 Å². The molecule has 3 rings (SSSR count). The molecule has 7 nitrogen and oxygen atoms in total. The van der Waals surface area contributed by atoms with Gasteiger partial charge in [0.05, 0.1) is 13.4 Å². The largest absolute Gasteiger partial charge is 0.479 e. The van der Waals surface area contributed by atoms with Crippen molar-refractivity contribution in [3.63, 3.8) is 0 Å². The summed E-state index contributed by atoms with van der Waals surface area (Å²) in [7, 11) is 1.52. The molecule has 1 aliphatic rings. The highest BCUT2D eigenvalue weighted by molar-refractivity contribution is 5.76. The van der Waals surface area contributed by atoms with Crippen LogP contribution in [0, 0.1) is 5.92 Å². The molecule has 2 heterocycles. The molecule has 0 saturated carbocycles. The molecular formula is C15H24FN5O2. The van der Waals surface area contributed by atoms with Crippen molar-refractivity contribution in [1.82, 2.24) is 19.9 Å². The second-order valence-electron chi connectivity index (χ2n) is 5.61. The fourth-order valence-electron chi connectivity index (χ4n) is 1.62. The summed E-state index contributed by atoms with van der Waals surface area (Å²) in [4.78, 5) is 14.5. The number of hydrogen-bond donors (Lipinski definition) is 3. The summed E-state index contributed by atoms with van der Waals surface area (Å²) in [5.74, 6) is 1.04. The summed E-state index contributed by atoms with van der Waals surface area (Å²) in [6.07, 6.45) is 3.39. The van der Waals surface area contributed by atoms with E-state index in [1.165, 1.54) is 19.5 Å². The van der Waals surface area contributed by atoms with Crippen molar-refractivity contribution in [3.8, 4) is 5.88 Å². The minimum Gasteiger partial charge on any atom is -0.479 e. The van der Waals surface area contributed by atoms with Crippen LogP contribution in [-0.4, -0.2) is 38.3 Å². The second-order valence-corrected chi connectivity index (χ2v) is 5.61. The zero-order valence-corrected chi connectivity index (χ0v) is 13.9. The van der Waals surface area contributed by atoms with Crippen LogP contribution in [0.25, 0.3) is 11.2 Å². The summed E-state index contributed by atoms with van der Waals surface area (Å²) in [6.45, 7) is 6.50. The van der Waals surface area contributed by atoms with E-state index in [0.29, 0.717) is 29.9 Å². The van der Waals surface area contributed by atoms with Crippen LogP contribution in [0.4, 0.5) is 10.3 Å². The van der Waals surface area contributed by atoms with E-state index in [0.717, 1.165) is 5.92 Å². The number of halogens is 1. The molecular weight excluding hydrogens is 301 g/mol. The van der Waals surface area contributed by atoms with E-state index in [-0.39, 0.29) is 11.8 Å². The zero-order chi connectivity index (χ0) is 17.4. The molecule has 2 aromatic heterocycles. The quantitative estimate of drug-likeness (QED) is 0.743. The number of nitrogens with two attached hydrogens (primary N) is 1. The molecule has 0 aliphatic heterocycles. The van der Waals surface area contributed by atoms with Gasteiger partial charge in [-0.1, -0.05) is 26.8 Å². The molecule has 1 aliphatic carbocycles. The number of nitrogen functional groups attached to an aromatic ring is 1. The SMILES string of the molecule is CC(C)C.COc1nc(N)nc2nc[nH]c12.OC1CCC=C1F. The Morgan fingerprint density at radius 3 is 2.48 bits per heavy atom. The number of fused-ring (bicyclic) bond motifs is 1. The van der Waals surface area contributed by atoms with Gasteiger partial charge in [0, 0.05) is 0 Å². The van der Waals surface area contributed by atoms with Crippen LogP contribution >= 0.6 is 0 Å². The number of methoxy groups -OCH3 is 1. The maximum atomic E-state index is 11.9. The van der Waals surface area contributed by atoms with Crippen LogP contribution in [0.3, 0.4) is 0 Å². The average Bonchev–Trinajstić information content (AvgIpc) is 3.07. The van der Waals surface area contributed by atoms with Crippen molar-refractivity contribution in [2.75, 3.05) is 12.8 Å². The molecule has 0 spiro atoms. The minimum absolute atomic E-state index is 0.159. The highest BCUT2D eigenvalue weighted by atomic mass is 19.1. The molecule has 1 atom stereocenters. The third-order valence-corrected chi connectivity index (χ3v) is 2.56. The summed E-state index contributed by atoms with van der Waals surface area (Å²) in [5, 5.41) is 8.55. The van der Waals surface area contributed by atoms with Gasteiger partial charge in [-0.05, 0) is 18.8 Å². The lowest BCUT2D eigenvalue weighted by atomic mass is 10.3. The molecule has 0 radical (unpaired) electrons. The first-order valence-corrected chi connectivity index (χ1v) is 7.39. The number of allylic oxidation sites excluding steroid dienone is 1. The number of hydrogen-bond acceptors (Lipinski definition) is 6. The number of aliphatic hydroxyl groups excluding tert-OH is 1. The molecule has 8 heteroatoms. The minimum atomic E-state index is -0.792. The normalized spacial score (nSPS) is 16.3.